The fourth-order valence-electron chi connectivity index (χ4n) is 3.80. The van der Waals surface area contributed by atoms with Crippen LogP contribution in [0.5, 0.6) is 0 Å². The Balaban J connectivity index is 1.77. The van der Waals surface area contributed by atoms with Crippen LogP contribution in [0.1, 0.15) is 40.8 Å². The average molecular weight is 354 g/mol. The molecule has 0 saturated carbocycles. The molecule has 3 aromatic rings. The van der Waals surface area contributed by atoms with Gasteiger partial charge in [-0.3, -0.25) is 9.36 Å². The van der Waals surface area contributed by atoms with Crippen LogP contribution in [0.15, 0.2) is 29.0 Å². The molecule has 1 atom stereocenters. The Morgan fingerprint density at radius 1 is 1.38 bits per heavy atom. The summed E-state index contributed by atoms with van der Waals surface area (Å²) in [6.07, 6.45) is 3.27. The fraction of sp³-hybridized carbons (Fsp3) is 0.294. The van der Waals surface area contributed by atoms with Gasteiger partial charge in [0, 0.05) is 6.54 Å². The Bertz CT molecular complexity index is 1030. The van der Waals surface area contributed by atoms with Gasteiger partial charge in [0.15, 0.2) is 11.5 Å². The summed E-state index contributed by atoms with van der Waals surface area (Å²) in [5.74, 6) is 0.0345. The van der Waals surface area contributed by atoms with Gasteiger partial charge in [0.25, 0.3) is 11.8 Å². The van der Waals surface area contributed by atoms with Crippen LogP contribution in [0, 0.1) is 5.82 Å². The highest BCUT2D eigenvalue weighted by molar-refractivity contribution is 5.99. The van der Waals surface area contributed by atoms with Crippen molar-refractivity contribution in [3.05, 3.63) is 47.4 Å². The molecule has 9 heteroatoms. The maximum atomic E-state index is 13.8. The van der Waals surface area contributed by atoms with Crippen LogP contribution in [-0.2, 0) is 6.54 Å². The Hall–Kier alpha value is -3.07. The predicted octanol–water partition coefficient (Wildman–Crippen LogP) is 1.81. The summed E-state index contributed by atoms with van der Waals surface area (Å²) in [4.78, 5) is 23.5. The van der Waals surface area contributed by atoms with E-state index < -0.39 is 5.82 Å². The van der Waals surface area contributed by atoms with E-state index in [9.17, 15) is 9.18 Å². The van der Waals surface area contributed by atoms with Gasteiger partial charge in [-0.15, -0.1) is 0 Å². The third kappa shape index (κ3) is 2.03. The first-order chi connectivity index (χ1) is 12.7. The van der Waals surface area contributed by atoms with Crippen molar-refractivity contribution in [3.63, 3.8) is 0 Å². The van der Waals surface area contributed by atoms with Crippen LogP contribution in [0.3, 0.4) is 0 Å². The summed E-state index contributed by atoms with van der Waals surface area (Å²) in [5.41, 5.74) is 7.81. The highest BCUT2D eigenvalue weighted by Gasteiger charge is 2.40. The lowest BCUT2D eigenvalue weighted by molar-refractivity contribution is 0.0738. The van der Waals surface area contributed by atoms with Crippen LogP contribution in [-0.4, -0.2) is 37.0 Å². The van der Waals surface area contributed by atoms with E-state index in [0.717, 1.165) is 18.5 Å². The van der Waals surface area contributed by atoms with Crippen LogP contribution < -0.4 is 5.73 Å². The minimum absolute atomic E-state index is 0.162. The van der Waals surface area contributed by atoms with E-state index in [-0.39, 0.29) is 24.4 Å². The number of hydrogen-bond donors (Lipinski definition) is 1. The fourth-order valence-corrected chi connectivity index (χ4v) is 3.80. The van der Waals surface area contributed by atoms with Gasteiger partial charge in [-0.1, -0.05) is 5.16 Å². The number of aromatic nitrogens is 4. The summed E-state index contributed by atoms with van der Waals surface area (Å²) < 4.78 is 20.9. The van der Waals surface area contributed by atoms with Crippen molar-refractivity contribution >= 4 is 5.91 Å². The number of carbonyl (C=O) groups is 1. The molecule has 0 spiro atoms. The van der Waals surface area contributed by atoms with Crippen molar-refractivity contribution in [3.8, 4) is 17.3 Å². The molecule has 5 rings (SSSR count). The molecule has 1 aromatic carbocycles. The molecule has 2 aliphatic rings. The first kappa shape index (κ1) is 15.2. The van der Waals surface area contributed by atoms with Crippen molar-refractivity contribution < 1.29 is 13.7 Å². The molecular weight excluding hydrogens is 339 g/mol. The van der Waals surface area contributed by atoms with E-state index in [1.54, 1.807) is 17.3 Å². The number of rotatable bonds is 2. The van der Waals surface area contributed by atoms with E-state index in [1.165, 1.54) is 12.1 Å². The third-order valence-corrected chi connectivity index (χ3v) is 4.94. The van der Waals surface area contributed by atoms with Crippen molar-refractivity contribution in [2.24, 2.45) is 5.73 Å². The van der Waals surface area contributed by atoms with Gasteiger partial charge >= 0.3 is 0 Å². The molecule has 26 heavy (non-hydrogen) atoms. The second-order valence-corrected chi connectivity index (χ2v) is 6.39. The van der Waals surface area contributed by atoms with Gasteiger partial charge in [-0.05, 0) is 31.0 Å². The summed E-state index contributed by atoms with van der Waals surface area (Å²) in [6.45, 7) is 0.775. The van der Waals surface area contributed by atoms with Gasteiger partial charge < -0.3 is 15.2 Å². The summed E-state index contributed by atoms with van der Waals surface area (Å²) >= 11 is 0. The molecule has 8 nitrogen and oxygen atoms in total. The van der Waals surface area contributed by atoms with E-state index in [0.29, 0.717) is 29.3 Å². The first-order valence-electron chi connectivity index (χ1n) is 8.38. The van der Waals surface area contributed by atoms with Crippen LogP contribution >= 0.6 is 0 Å². The number of nitrogens with zero attached hydrogens (tertiary/aromatic N) is 5. The maximum absolute atomic E-state index is 13.8. The largest absolute Gasteiger partial charge is 0.332 e. The van der Waals surface area contributed by atoms with Crippen LogP contribution in [0.25, 0.3) is 17.3 Å². The smallest absolute Gasteiger partial charge is 0.278 e. The summed E-state index contributed by atoms with van der Waals surface area (Å²) in [7, 11) is 0. The van der Waals surface area contributed by atoms with E-state index >= 15 is 0 Å². The highest BCUT2D eigenvalue weighted by atomic mass is 19.1. The number of fused-ring (bicyclic) bond motifs is 5. The lowest BCUT2D eigenvalue weighted by Gasteiger charge is -2.22. The molecule has 132 valence electrons. The molecule has 0 radical (unpaired) electrons. The molecule has 0 aliphatic carbocycles. The SMILES string of the molecule is NCc1noc(-c2ncn3c2[C@@H]2CCCN2C(=O)c2cc(F)ccc2-3)n1. The molecule has 0 bridgehead atoms. The Morgan fingerprint density at radius 3 is 3.08 bits per heavy atom. The monoisotopic (exact) mass is 354 g/mol. The second-order valence-electron chi connectivity index (χ2n) is 6.39. The lowest BCUT2D eigenvalue weighted by atomic mass is 10.1. The molecule has 0 unspecified atom stereocenters. The Labute approximate surface area is 147 Å². The number of carbonyl (C=O) groups excluding carboxylic acids is 1. The Morgan fingerprint density at radius 2 is 2.27 bits per heavy atom. The van der Waals surface area contributed by atoms with Gasteiger partial charge in [-0.25, -0.2) is 9.37 Å². The summed E-state index contributed by atoms with van der Waals surface area (Å²) in [5, 5.41) is 3.83. The zero-order valence-corrected chi connectivity index (χ0v) is 13.7. The van der Waals surface area contributed by atoms with Crippen molar-refractivity contribution in [2.75, 3.05) is 6.54 Å². The van der Waals surface area contributed by atoms with E-state index in [1.807, 2.05) is 4.57 Å². The normalized spacial score (nSPS) is 18.5. The van der Waals surface area contributed by atoms with Gasteiger partial charge in [0.1, 0.15) is 12.1 Å². The standard InChI is InChI=1S/C17H15FN6O2/c18-9-3-4-11-10(6-9)17(25)23-5-1-2-12(23)15-14(20-8-24(11)15)16-21-13(7-19)22-26-16/h3-4,6,8,12H,1-2,5,7,19H2/t12-/m0/s1. The minimum Gasteiger partial charge on any atom is -0.332 e. The van der Waals surface area contributed by atoms with Crippen molar-refractivity contribution in [2.45, 2.75) is 25.4 Å². The van der Waals surface area contributed by atoms with Crippen molar-refractivity contribution in [1.29, 1.82) is 0 Å². The van der Waals surface area contributed by atoms with Gasteiger partial charge in [0.2, 0.25) is 0 Å². The molecule has 2 N–H and O–H groups in total. The van der Waals surface area contributed by atoms with Crippen LogP contribution in [0.2, 0.25) is 0 Å². The lowest BCUT2D eigenvalue weighted by Crippen LogP contribution is -2.29. The Kier molecular flexibility index (Phi) is 3.20. The topological polar surface area (TPSA) is 103 Å². The minimum atomic E-state index is -0.443. The van der Waals surface area contributed by atoms with E-state index in [4.69, 9.17) is 10.3 Å². The number of amides is 1. The summed E-state index contributed by atoms with van der Waals surface area (Å²) in [6, 6.07) is 4.04. The first-order valence-corrected chi connectivity index (χ1v) is 8.38. The number of benzene rings is 1. The van der Waals surface area contributed by atoms with E-state index in [2.05, 4.69) is 15.1 Å². The zero-order valence-electron chi connectivity index (χ0n) is 13.7. The highest BCUT2D eigenvalue weighted by Crippen LogP contribution is 2.42. The van der Waals surface area contributed by atoms with Gasteiger partial charge in [-0.2, -0.15) is 4.98 Å². The third-order valence-electron chi connectivity index (χ3n) is 4.94. The molecule has 2 aliphatic heterocycles. The van der Waals surface area contributed by atoms with Gasteiger partial charge in [0.05, 0.1) is 29.5 Å². The van der Waals surface area contributed by atoms with Crippen molar-refractivity contribution in [1.82, 2.24) is 24.6 Å². The zero-order chi connectivity index (χ0) is 17.8. The molecule has 4 heterocycles. The molecule has 1 saturated heterocycles. The number of imidazole rings is 1. The molecule has 1 fully saturated rings. The quantitative estimate of drug-likeness (QED) is 0.753. The second kappa shape index (κ2) is 5.46. The average Bonchev–Trinajstić information content (AvgIpc) is 3.37. The number of nitrogens with two attached hydrogens (primary N) is 1. The maximum Gasteiger partial charge on any atom is 0.278 e. The number of halogens is 1. The molecule has 1 amide bonds. The van der Waals surface area contributed by atoms with Crippen LogP contribution in [0.4, 0.5) is 4.39 Å². The number of hydrogen-bond acceptors (Lipinski definition) is 6. The predicted molar refractivity (Wildman–Crippen MR) is 87.7 cm³/mol. The molecular formula is C17H15FN6O2. The molecule has 2 aromatic heterocycles.